The van der Waals surface area contributed by atoms with Crippen LogP contribution in [-0.2, 0) is 11.2 Å². The summed E-state index contributed by atoms with van der Waals surface area (Å²) in [7, 11) is 0. The van der Waals surface area contributed by atoms with Crippen molar-refractivity contribution < 1.29 is 4.79 Å². The van der Waals surface area contributed by atoms with E-state index in [2.05, 4.69) is 43.4 Å². The van der Waals surface area contributed by atoms with Crippen molar-refractivity contribution in [3.05, 3.63) is 65.2 Å². The summed E-state index contributed by atoms with van der Waals surface area (Å²) >= 11 is 0. The maximum absolute atomic E-state index is 12.2. The van der Waals surface area contributed by atoms with Crippen LogP contribution < -0.4 is 5.32 Å². The number of carbonyl (C=O) groups is 1. The van der Waals surface area contributed by atoms with Gasteiger partial charge >= 0.3 is 0 Å². The summed E-state index contributed by atoms with van der Waals surface area (Å²) < 4.78 is 0. The van der Waals surface area contributed by atoms with Crippen LogP contribution >= 0.6 is 0 Å². The van der Waals surface area contributed by atoms with Crippen molar-refractivity contribution in [2.75, 3.05) is 5.32 Å². The Morgan fingerprint density at radius 1 is 1.05 bits per heavy atom. The van der Waals surface area contributed by atoms with Gasteiger partial charge in [-0.05, 0) is 42.4 Å². The Morgan fingerprint density at radius 2 is 1.77 bits per heavy atom. The fraction of sp³-hybridized carbons (Fsp3) is 0.350. The van der Waals surface area contributed by atoms with Crippen LogP contribution in [0, 0.1) is 6.92 Å². The molecule has 0 bridgehead atoms. The Labute approximate surface area is 133 Å². The second-order valence-electron chi connectivity index (χ2n) is 6.08. The number of rotatable bonds is 6. The highest BCUT2D eigenvalue weighted by molar-refractivity contribution is 5.92. The minimum Gasteiger partial charge on any atom is -0.326 e. The molecule has 0 aliphatic heterocycles. The van der Waals surface area contributed by atoms with Crippen LogP contribution in [0.15, 0.2) is 48.5 Å². The summed E-state index contributed by atoms with van der Waals surface area (Å²) in [5.74, 6) is 0.506. The second-order valence-corrected chi connectivity index (χ2v) is 6.08. The van der Waals surface area contributed by atoms with Gasteiger partial charge in [-0.3, -0.25) is 4.79 Å². The monoisotopic (exact) mass is 295 g/mol. The predicted octanol–water partition coefficient (Wildman–Crippen LogP) is 5.08. The Kier molecular flexibility index (Phi) is 5.76. The van der Waals surface area contributed by atoms with Gasteiger partial charge in [0.25, 0.3) is 0 Å². The molecule has 22 heavy (non-hydrogen) atoms. The maximum Gasteiger partial charge on any atom is 0.224 e. The minimum atomic E-state index is 0.104. The van der Waals surface area contributed by atoms with Crippen molar-refractivity contribution in [2.45, 2.75) is 46.0 Å². The second kappa shape index (κ2) is 7.79. The molecule has 2 aromatic carbocycles. The smallest absolute Gasteiger partial charge is 0.224 e. The average molecular weight is 295 g/mol. The number of benzene rings is 2. The molecule has 0 atom stereocenters. The first-order chi connectivity index (χ1) is 10.6. The van der Waals surface area contributed by atoms with E-state index in [1.807, 2.05) is 31.2 Å². The van der Waals surface area contributed by atoms with E-state index >= 15 is 0 Å². The fourth-order valence-electron chi connectivity index (χ4n) is 2.64. The number of aryl methyl sites for hydroxylation is 2. The minimum absolute atomic E-state index is 0.104. The van der Waals surface area contributed by atoms with Crippen molar-refractivity contribution in [1.29, 1.82) is 0 Å². The van der Waals surface area contributed by atoms with Crippen molar-refractivity contribution in [2.24, 2.45) is 0 Å². The molecule has 116 valence electrons. The molecule has 2 aromatic rings. The molecule has 0 heterocycles. The van der Waals surface area contributed by atoms with Gasteiger partial charge in [0.2, 0.25) is 5.91 Å². The van der Waals surface area contributed by atoms with E-state index < -0.39 is 0 Å². The van der Waals surface area contributed by atoms with Crippen LogP contribution in [0.2, 0.25) is 0 Å². The maximum atomic E-state index is 12.2. The van der Waals surface area contributed by atoms with Crippen LogP contribution in [0.25, 0.3) is 0 Å². The summed E-state index contributed by atoms with van der Waals surface area (Å²) in [6, 6.07) is 16.5. The molecule has 0 aromatic heterocycles. The molecule has 0 aliphatic carbocycles. The van der Waals surface area contributed by atoms with Gasteiger partial charge in [-0.1, -0.05) is 62.4 Å². The van der Waals surface area contributed by atoms with E-state index in [0.29, 0.717) is 12.3 Å². The quantitative estimate of drug-likeness (QED) is 0.791. The summed E-state index contributed by atoms with van der Waals surface area (Å²) in [5.41, 5.74) is 4.61. The number of para-hydroxylation sites is 1. The van der Waals surface area contributed by atoms with Gasteiger partial charge < -0.3 is 5.32 Å². The predicted molar refractivity (Wildman–Crippen MR) is 93.3 cm³/mol. The molecule has 1 N–H and O–H groups in total. The van der Waals surface area contributed by atoms with E-state index in [0.717, 1.165) is 24.1 Å². The van der Waals surface area contributed by atoms with E-state index in [1.165, 1.54) is 11.1 Å². The first-order valence-corrected chi connectivity index (χ1v) is 8.01. The van der Waals surface area contributed by atoms with Crippen molar-refractivity contribution >= 4 is 11.6 Å². The third-order valence-corrected chi connectivity index (χ3v) is 3.90. The molecule has 2 heteroatoms. The summed E-state index contributed by atoms with van der Waals surface area (Å²) in [5, 5.41) is 3.11. The van der Waals surface area contributed by atoms with Gasteiger partial charge in [0.1, 0.15) is 0 Å². The van der Waals surface area contributed by atoms with Gasteiger partial charge in [0.05, 0.1) is 0 Å². The van der Waals surface area contributed by atoms with Crippen LogP contribution in [0.4, 0.5) is 5.69 Å². The van der Waals surface area contributed by atoms with Crippen LogP contribution in [0.3, 0.4) is 0 Å². The lowest BCUT2D eigenvalue weighted by Gasteiger charge is -2.16. The third kappa shape index (κ3) is 4.45. The molecule has 1 amide bonds. The molecular formula is C20H25NO. The van der Waals surface area contributed by atoms with Crippen LogP contribution in [-0.4, -0.2) is 5.91 Å². The number of anilines is 1. The Hall–Kier alpha value is -2.09. The lowest BCUT2D eigenvalue weighted by Crippen LogP contribution is -2.14. The van der Waals surface area contributed by atoms with Gasteiger partial charge in [-0.2, -0.15) is 0 Å². The number of nitrogens with one attached hydrogen (secondary N) is 1. The molecule has 0 fully saturated rings. The zero-order valence-corrected chi connectivity index (χ0v) is 13.7. The molecule has 0 spiro atoms. The zero-order chi connectivity index (χ0) is 15.9. The van der Waals surface area contributed by atoms with E-state index in [9.17, 15) is 4.79 Å². The third-order valence-electron chi connectivity index (χ3n) is 3.90. The first kappa shape index (κ1) is 16.3. The fourth-order valence-corrected chi connectivity index (χ4v) is 2.64. The van der Waals surface area contributed by atoms with Crippen LogP contribution in [0.1, 0.15) is 49.3 Å². The van der Waals surface area contributed by atoms with Gasteiger partial charge in [0.15, 0.2) is 0 Å². The summed E-state index contributed by atoms with van der Waals surface area (Å²) in [6.45, 7) is 6.35. The van der Waals surface area contributed by atoms with E-state index in [1.54, 1.807) is 0 Å². The normalized spacial score (nSPS) is 10.7. The number of amides is 1. The van der Waals surface area contributed by atoms with Crippen molar-refractivity contribution in [1.82, 2.24) is 0 Å². The van der Waals surface area contributed by atoms with Crippen molar-refractivity contribution in [3.63, 3.8) is 0 Å². The standard InChI is InChI=1S/C20H25NO/c1-15(2)18-13-7-9-16(3)20(18)21-19(22)14-8-12-17-10-5-4-6-11-17/h4-7,9-11,13,15H,8,12,14H2,1-3H3,(H,21,22). The van der Waals surface area contributed by atoms with Gasteiger partial charge in [-0.15, -0.1) is 0 Å². The zero-order valence-electron chi connectivity index (χ0n) is 13.7. The summed E-state index contributed by atoms with van der Waals surface area (Å²) in [6.07, 6.45) is 2.37. The lowest BCUT2D eigenvalue weighted by molar-refractivity contribution is -0.116. The molecule has 2 rings (SSSR count). The number of hydrogen-bond acceptors (Lipinski definition) is 1. The molecule has 0 saturated carbocycles. The molecule has 0 radical (unpaired) electrons. The Bertz CT molecular complexity index is 617. The highest BCUT2D eigenvalue weighted by atomic mass is 16.1. The topological polar surface area (TPSA) is 29.1 Å². The highest BCUT2D eigenvalue weighted by Crippen LogP contribution is 2.27. The molecule has 0 unspecified atom stereocenters. The highest BCUT2D eigenvalue weighted by Gasteiger charge is 2.11. The molecule has 2 nitrogen and oxygen atoms in total. The Morgan fingerprint density at radius 3 is 2.45 bits per heavy atom. The van der Waals surface area contributed by atoms with Gasteiger partial charge in [0, 0.05) is 12.1 Å². The largest absolute Gasteiger partial charge is 0.326 e. The lowest BCUT2D eigenvalue weighted by atomic mass is 9.98. The van der Waals surface area contributed by atoms with Crippen LogP contribution in [0.5, 0.6) is 0 Å². The number of hydrogen-bond donors (Lipinski definition) is 1. The first-order valence-electron chi connectivity index (χ1n) is 8.01. The van der Waals surface area contributed by atoms with E-state index in [4.69, 9.17) is 0 Å². The molecule has 0 saturated heterocycles. The molecular weight excluding hydrogens is 270 g/mol. The average Bonchev–Trinajstić information content (AvgIpc) is 2.50. The number of carbonyl (C=O) groups excluding carboxylic acids is 1. The Balaban J connectivity index is 1.92. The van der Waals surface area contributed by atoms with Crippen molar-refractivity contribution in [3.8, 4) is 0 Å². The van der Waals surface area contributed by atoms with E-state index in [-0.39, 0.29) is 5.91 Å². The summed E-state index contributed by atoms with van der Waals surface area (Å²) in [4.78, 5) is 12.2. The molecule has 0 aliphatic rings. The van der Waals surface area contributed by atoms with Gasteiger partial charge in [-0.25, -0.2) is 0 Å². The SMILES string of the molecule is Cc1cccc(C(C)C)c1NC(=O)CCCc1ccccc1.